The van der Waals surface area contributed by atoms with Crippen molar-refractivity contribution in [1.82, 2.24) is 15.3 Å². The fourth-order valence-corrected chi connectivity index (χ4v) is 1.77. The molecule has 19 heavy (non-hydrogen) atoms. The quantitative estimate of drug-likeness (QED) is 0.858. The van der Waals surface area contributed by atoms with Crippen LogP contribution in [-0.2, 0) is 6.54 Å². The average Bonchev–Trinajstić information content (AvgIpc) is 2.26. The van der Waals surface area contributed by atoms with Gasteiger partial charge in [0.15, 0.2) is 0 Å². The summed E-state index contributed by atoms with van der Waals surface area (Å²) < 4.78 is 5.73. The SMILES string of the molecule is CC(C)CC(C)Oc1cnc(CNC(C)(C)C)cn1. The molecule has 108 valence electrons. The van der Waals surface area contributed by atoms with Crippen LogP contribution in [0.2, 0.25) is 0 Å². The molecule has 0 bridgehead atoms. The molecular formula is C15H27N3O. The van der Waals surface area contributed by atoms with Crippen molar-refractivity contribution >= 4 is 0 Å². The molecule has 1 atom stereocenters. The van der Waals surface area contributed by atoms with Crippen LogP contribution in [-0.4, -0.2) is 21.6 Å². The third kappa shape index (κ3) is 7.11. The van der Waals surface area contributed by atoms with E-state index in [1.807, 2.05) is 0 Å². The number of nitrogens with one attached hydrogen (secondary N) is 1. The van der Waals surface area contributed by atoms with Crippen LogP contribution in [0, 0.1) is 5.92 Å². The summed E-state index contributed by atoms with van der Waals surface area (Å²) >= 11 is 0. The molecule has 4 nitrogen and oxygen atoms in total. The van der Waals surface area contributed by atoms with Crippen LogP contribution in [0.4, 0.5) is 0 Å². The van der Waals surface area contributed by atoms with Gasteiger partial charge in [-0.25, -0.2) is 4.98 Å². The molecule has 1 heterocycles. The Kier molecular flexibility index (Phi) is 5.73. The average molecular weight is 265 g/mol. The van der Waals surface area contributed by atoms with E-state index < -0.39 is 0 Å². The van der Waals surface area contributed by atoms with Gasteiger partial charge < -0.3 is 10.1 Å². The van der Waals surface area contributed by atoms with Gasteiger partial charge in [-0.1, -0.05) is 13.8 Å². The van der Waals surface area contributed by atoms with Crippen LogP contribution in [0.1, 0.15) is 53.7 Å². The second-order valence-electron chi connectivity index (χ2n) is 6.51. The molecule has 1 unspecified atom stereocenters. The third-order valence-electron chi connectivity index (χ3n) is 2.61. The predicted molar refractivity (Wildman–Crippen MR) is 78.2 cm³/mol. The Morgan fingerprint density at radius 3 is 2.32 bits per heavy atom. The lowest BCUT2D eigenvalue weighted by molar-refractivity contribution is 0.184. The maximum Gasteiger partial charge on any atom is 0.232 e. The van der Waals surface area contributed by atoms with Crippen LogP contribution in [0.25, 0.3) is 0 Å². The van der Waals surface area contributed by atoms with Crippen molar-refractivity contribution in [3.8, 4) is 5.88 Å². The minimum atomic E-state index is 0.0859. The van der Waals surface area contributed by atoms with E-state index in [4.69, 9.17) is 4.74 Å². The molecule has 0 amide bonds. The Morgan fingerprint density at radius 2 is 1.84 bits per heavy atom. The van der Waals surface area contributed by atoms with Gasteiger partial charge in [0.1, 0.15) is 0 Å². The first kappa shape index (κ1) is 15.9. The number of rotatable bonds is 6. The molecule has 0 fully saturated rings. The van der Waals surface area contributed by atoms with E-state index in [0.29, 0.717) is 11.8 Å². The maximum absolute atomic E-state index is 5.73. The van der Waals surface area contributed by atoms with Gasteiger partial charge in [-0.3, -0.25) is 4.98 Å². The highest BCUT2D eigenvalue weighted by Gasteiger charge is 2.10. The molecule has 0 aliphatic rings. The first-order chi connectivity index (χ1) is 8.76. The van der Waals surface area contributed by atoms with Gasteiger partial charge >= 0.3 is 0 Å². The molecule has 0 saturated heterocycles. The smallest absolute Gasteiger partial charge is 0.232 e. The number of ether oxygens (including phenoxy) is 1. The van der Waals surface area contributed by atoms with E-state index in [1.54, 1.807) is 12.4 Å². The van der Waals surface area contributed by atoms with Gasteiger partial charge in [-0.15, -0.1) is 0 Å². The molecule has 0 aromatic carbocycles. The molecule has 1 aromatic rings. The number of hydrogen-bond acceptors (Lipinski definition) is 4. The first-order valence-corrected chi connectivity index (χ1v) is 6.99. The van der Waals surface area contributed by atoms with Crippen molar-refractivity contribution in [2.45, 2.75) is 66.2 Å². The largest absolute Gasteiger partial charge is 0.474 e. The van der Waals surface area contributed by atoms with E-state index >= 15 is 0 Å². The van der Waals surface area contributed by atoms with Crippen molar-refractivity contribution in [1.29, 1.82) is 0 Å². The Balaban J connectivity index is 2.47. The predicted octanol–water partition coefficient (Wildman–Crippen LogP) is 3.18. The summed E-state index contributed by atoms with van der Waals surface area (Å²) in [7, 11) is 0. The van der Waals surface area contributed by atoms with E-state index in [2.05, 4.69) is 56.8 Å². The standard InChI is InChI=1S/C15H27N3O/c1-11(2)7-12(3)19-14-10-16-13(8-17-14)9-18-15(4,5)6/h8,10-12,18H,7,9H2,1-6H3. The molecule has 0 aliphatic carbocycles. The van der Waals surface area contributed by atoms with E-state index in [0.717, 1.165) is 18.7 Å². The Bertz CT molecular complexity index is 368. The van der Waals surface area contributed by atoms with E-state index in [9.17, 15) is 0 Å². The van der Waals surface area contributed by atoms with E-state index in [-0.39, 0.29) is 11.6 Å². The van der Waals surface area contributed by atoms with Crippen LogP contribution in [0.5, 0.6) is 5.88 Å². The van der Waals surface area contributed by atoms with Gasteiger partial charge in [0.25, 0.3) is 0 Å². The Hall–Kier alpha value is -1.16. The lowest BCUT2D eigenvalue weighted by Gasteiger charge is -2.20. The fourth-order valence-electron chi connectivity index (χ4n) is 1.77. The molecule has 1 N–H and O–H groups in total. The number of aromatic nitrogens is 2. The molecule has 0 aliphatic heterocycles. The van der Waals surface area contributed by atoms with Gasteiger partial charge in [0.2, 0.25) is 5.88 Å². The monoisotopic (exact) mass is 265 g/mol. The molecule has 0 spiro atoms. The normalized spacial score (nSPS) is 13.6. The number of hydrogen-bond donors (Lipinski definition) is 1. The summed E-state index contributed by atoms with van der Waals surface area (Å²) in [5, 5.41) is 3.38. The van der Waals surface area contributed by atoms with Crippen molar-refractivity contribution in [2.24, 2.45) is 5.92 Å². The highest BCUT2D eigenvalue weighted by molar-refractivity contribution is 5.07. The van der Waals surface area contributed by atoms with Gasteiger partial charge in [-0.05, 0) is 40.0 Å². The molecule has 0 radical (unpaired) electrons. The van der Waals surface area contributed by atoms with Crippen molar-refractivity contribution in [2.75, 3.05) is 0 Å². The maximum atomic E-state index is 5.73. The first-order valence-electron chi connectivity index (χ1n) is 6.99. The van der Waals surface area contributed by atoms with Gasteiger partial charge in [0, 0.05) is 12.1 Å². The topological polar surface area (TPSA) is 47.0 Å². The summed E-state index contributed by atoms with van der Waals surface area (Å²) in [5.41, 5.74) is 1.02. The van der Waals surface area contributed by atoms with Crippen molar-refractivity contribution in [3.05, 3.63) is 18.1 Å². The van der Waals surface area contributed by atoms with Crippen molar-refractivity contribution in [3.63, 3.8) is 0 Å². The highest BCUT2D eigenvalue weighted by Crippen LogP contribution is 2.12. The molecule has 1 rings (SSSR count). The van der Waals surface area contributed by atoms with Crippen LogP contribution in [0.3, 0.4) is 0 Å². The zero-order valence-electron chi connectivity index (χ0n) is 13.0. The van der Waals surface area contributed by atoms with Gasteiger partial charge in [-0.2, -0.15) is 0 Å². The zero-order chi connectivity index (χ0) is 14.5. The molecule has 1 aromatic heterocycles. The minimum absolute atomic E-state index is 0.0859. The fraction of sp³-hybridized carbons (Fsp3) is 0.733. The summed E-state index contributed by atoms with van der Waals surface area (Å²) in [6.07, 6.45) is 4.68. The highest BCUT2D eigenvalue weighted by atomic mass is 16.5. The van der Waals surface area contributed by atoms with Crippen LogP contribution < -0.4 is 10.1 Å². The molecule has 0 saturated carbocycles. The lowest BCUT2D eigenvalue weighted by Crippen LogP contribution is -2.35. The second-order valence-corrected chi connectivity index (χ2v) is 6.51. The van der Waals surface area contributed by atoms with E-state index in [1.165, 1.54) is 0 Å². The van der Waals surface area contributed by atoms with Crippen LogP contribution in [0.15, 0.2) is 12.4 Å². The minimum Gasteiger partial charge on any atom is -0.474 e. The Labute approximate surface area is 117 Å². The summed E-state index contributed by atoms with van der Waals surface area (Å²) in [6, 6.07) is 0. The zero-order valence-corrected chi connectivity index (χ0v) is 13.0. The second kappa shape index (κ2) is 6.85. The Morgan fingerprint density at radius 1 is 1.16 bits per heavy atom. The van der Waals surface area contributed by atoms with Gasteiger partial charge in [0.05, 0.1) is 24.2 Å². The van der Waals surface area contributed by atoms with Crippen molar-refractivity contribution < 1.29 is 4.74 Å². The summed E-state index contributed by atoms with van der Waals surface area (Å²) in [4.78, 5) is 8.67. The van der Waals surface area contributed by atoms with Crippen LogP contribution >= 0.6 is 0 Å². The third-order valence-corrected chi connectivity index (χ3v) is 2.61. The number of nitrogens with zero attached hydrogens (tertiary/aromatic N) is 2. The summed E-state index contributed by atoms with van der Waals surface area (Å²) in [5.74, 6) is 1.23. The molecular weight excluding hydrogens is 238 g/mol. The summed E-state index contributed by atoms with van der Waals surface area (Å²) in [6.45, 7) is 13.6. The molecule has 4 heteroatoms. The lowest BCUT2D eigenvalue weighted by atomic mass is 10.1.